The van der Waals surface area contributed by atoms with E-state index in [9.17, 15) is 4.79 Å². The van der Waals surface area contributed by atoms with Gasteiger partial charge >= 0.3 is 0 Å². The first kappa shape index (κ1) is 26.2. The Morgan fingerprint density at radius 1 is 1.33 bits per heavy atom. The molecule has 0 radical (unpaired) electrons. The van der Waals surface area contributed by atoms with Crippen molar-refractivity contribution in [2.75, 3.05) is 40.4 Å². The molecular weight excluding hydrogens is 502 g/mol. The van der Waals surface area contributed by atoms with Crippen LogP contribution in [0.1, 0.15) is 31.9 Å². The average molecular weight is 531 g/mol. The zero-order valence-electron chi connectivity index (χ0n) is 16.2. The van der Waals surface area contributed by atoms with E-state index in [-0.39, 0.29) is 42.5 Å². The Morgan fingerprint density at radius 2 is 2.04 bits per heavy atom. The van der Waals surface area contributed by atoms with Gasteiger partial charge in [-0.1, -0.05) is 29.3 Å². The fourth-order valence-corrected chi connectivity index (χ4v) is 2.67. The van der Waals surface area contributed by atoms with E-state index in [1.807, 2.05) is 19.9 Å². The van der Waals surface area contributed by atoms with Crippen molar-refractivity contribution in [3.63, 3.8) is 0 Å². The molecule has 1 unspecified atom stereocenters. The number of carbonyl (C=O) groups is 1. The van der Waals surface area contributed by atoms with Gasteiger partial charge < -0.3 is 20.3 Å². The predicted molar refractivity (Wildman–Crippen MR) is 124 cm³/mol. The summed E-state index contributed by atoms with van der Waals surface area (Å²) >= 11 is 12.2. The Kier molecular flexibility index (Phi) is 13.9. The Balaban J connectivity index is 0.00000676. The normalized spacial score (nSPS) is 12.1. The summed E-state index contributed by atoms with van der Waals surface area (Å²) < 4.78 is 5.33. The zero-order chi connectivity index (χ0) is 19.5. The molecule has 0 saturated heterocycles. The molecule has 2 N–H and O–H groups in total. The third-order valence-corrected chi connectivity index (χ3v) is 4.18. The number of halogens is 3. The van der Waals surface area contributed by atoms with Gasteiger partial charge in [0.15, 0.2) is 5.96 Å². The lowest BCUT2D eigenvalue weighted by Crippen LogP contribution is -2.40. The van der Waals surface area contributed by atoms with Gasteiger partial charge in [-0.15, -0.1) is 24.0 Å². The number of hydrogen-bond acceptors (Lipinski definition) is 3. The molecule has 0 fully saturated rings. The number of nitrogens with zero attached hydrogens (tertiary/aromatic N) is 2. The van der Waals surface area contributed by atoms with E-state index in [4.69, 9.17) is 27.9 Å². The van der Waals surface area contributed by atoms with Gasteiger partial charge in [0.25, 0.3) is 0 Å². The number of rotatable bonds is 9. The molecule has 1 aromatic rings. The second-order valence-electron chi connectivity index (χ2n) is 5.96. The van der Waals surface area contributed by atoms with E-state index in [1.165, 1.54) is 4.90 Å². The molecule has 6 nitrogen and oxygen atoms in total. The monoisotopic (exact) mass is 530 g/mol. The first-order chi connectivity index (χ1) is 12.3. The van der Waals surface area contributed by atoms with Crippen LogP contribution in [0.5, 0.6) is 0 Å². The molecule has 1 atom stereocenters. The standard InChI is InChI=1S/C18H28Cl2N4O2.HI/c1-5-26-10-6-9-21-18(22-12-17(25)24(3)4)23-13(2)15-8-7-14(19)11-16(15)20;/h7-8,11,13H,5-6,9-10,12H2,1-4H3,(H2,21,22,23);1H. The molecule has 0 saturated carbocycles. The largest absolute Gasteiger partial charge is 0.382 e. The molecule has 0 bridgehead atoms. The van der Waals surface area contributed by atoms with Crippen LogP contribution in [0.25, 0.3) is 0 Å². The Bertz CT molecular complexity index is 615. The van der Waals surface area contributed by atoms with E-state index >= 15 is 0 Å². The summed E-state index contributed by atoms with van der Waals surface area (Å²) in [6.45, 7) is 6.05. The van der Waals surface area contributed by atoms with Gasteiger partial charge in [-0.25, -0.2) is 4.99 Å². The second kappa shape index (κ2) is 14.3. The number of amides is 1. The van der Waals surface area contributed by atoms with Crippen LogP contribution in [-0.2, 0) is 9.53 Å². The van der Waals surface area contributed by atoms with Crippen molar-refractivity contribution in [3.8, 4) is 0 Å². The van der Waals surface area contributed by atoms with Crippen LogP contribution in [0.15, 0.2) is 23.2 Å². The van der Waals surface area contributed by atoms with Crippen molar-refractivity contribution in [2.24, 2.45) is 4.99 Å². The molecule has 9 heteroatoms. The lowest BCUT2D eigenvalue weighted by atomic mass is 10.1. The molecule has 1 amide bonds. The number of aliphatic imine (C=N–C) groups is 1. The quantitative estimate of drug-likeness (QED) is 0.221. The van der Waals surface area contributed by atoms with E-state index in [1.54, 1.807) is 26.2 Å². The maximum Gasteiger partial charge on any atom is 0.243 e. The predicted octanol–water partition coefficient (Wildman–Crippen LogP) is 3.72. The first-order valence-electron chi connectivity index (χ1n) is 8.62. The number of carbonyl (C=O) groups excluding carboxylic acids is 1. The van der Waals surface area contributed by atoms with Crippen molar-refractivity contribution in [1.29, 1.82) is 0 Å². The summed E-state index contributed by atoms with van der Waals surface area (Å²) in [5.74, 6) is 0.479. The minimum Gasteiger partial charge on any atom is -0.382 e. The summed E-state index contributed by atoms with van der Waals surface area (Å²) in [7, 11) is 3.41. The van der Waals surface area contributed by atoms with Crippen molar-refractivity contribution in [3.05, 3.63) is 33.8 Å². The average Bonchev–Trinajstić information content (AvgIpc) is 2.58. The molecular formula is C18H29Cl2IN4O2. The molecule has 0 aromatic heterocycles. The number of likely N-dealkylation sites (N-methyl/N-ethyl adjacent to an activating group) is 1. The zero-order valence-corrected chi connectivity index (χ0v) is 20.1. The van der Waals surface area contributed by atoms with E-state index in [0.717, 1.165) is 12.0 Å². The van der Waals surface area contributed by atoms with Crippen LogP contribution in [0.2, 0.25) is 10.0 Å². The third-order valence-electron chi connectivity index (χ3n) is 3.62. The van der Waals surface area contributed by atoms with Gasteiger partial charge in [-0.2, -0.15) is 0 Å². The van der Waals surface area contributed by atoms with Gasteiger partial charge in [0, 0.05) is 43.9 Å². The SMILES string of the molecule is CCOCCCNC(=NCC(=O)N(C)C)NC(C)c1ccc(Cl)cc1Cl.I. The molecule has 1 aromatic carbocycles. The summed E-state index contributed by atoms with van der Waals surface area (Å²) in [5, 5.41) is 7.67. The van der Waals surface area contributed by atoms with E-state index < -0.39 is 0 Å². The molecule has 0 aliphatic heterocycles. The Hall–Kier alpha value is -0.770. The third kappa shape index (κ3) is 10.4. The van der Waals surface area contributed by atoms with Gasteiger partial charge in [-0.05, 0) is 38.0 Å². The Labute approximate surface area is 189 Å². The summed E-state index contributed by atoms with van der Waals surface area (Å²) in [6, 6.07) is 5.27. The molecule has 0 spiro atoms. The smallest absolute Gasteiger partial charge is 0.243 e. The van der Waals surface area contributed by atoms with Gasteiger partial charge in [0.2, 0.25) is 5.91 Å². The fraction of sp³-hybridized carbons (Fsp3) is 0.556. The maximum absolute atomic E-state index is 11.8. The van der Waals surface area contributed by atoms with Gasteiger partial charge in [0.05, 0.1) is 6.04 Å². The van der Waals surface area contributed by atoms with Crippen molar-refractivity contribution in [1.82, 2.24) is 15.5 Å². The lowest BCUT2D eigenvalue weighted by molar-refractivity contribution is -0.127. The second-order valence-corrected chi connectivity index (χ2v) is 6.81. The minimum atomic E-state index is -0.104. The van der Waals surface area contributed by atoms with Crippen molar-refractivity contribution >= 4 is 59.0 Å². The number of ether oxygens (including phenoxy) is 1. The highest BCUT2D eigenvalue weighted by molar-refractivity contribution is 14.0. The summed E-state index contributed by atoms with van der Waals surface area (Å²) in [4.78, 5) is 17.7. The highest BCUT2D eigenvalue weighted by Crippen LogP contribution is 2.25. The van der Waals surface area contributed by atoms with Crippen molar-refractivity contribution < 1.29 is 9.53 Å². The number of nitrogens with one attached hydrogen (secondary N) is 2. The van der Waals surface area contributed by atoms with Gasteiger partial charge in [0.1, 0.15) is 6.54 Å². The van der Waals surface area contributed by atoms with Crippen LogP contribution in [0, 0.1) is 0 Å². The molecule has 0 heterocycles. The molecule has 0 aliphatic carbocycles. The van der Waals surface area contributed by atoms with Crippen LogP contribution >= 0.6 is 47.2 Å². The lowest BCUT2D eigenvalue weighted by Gasteiger charge is -2.20. The first-order valence-corrected chi connectivity index (χ1v) is 9.38. The van der Waals surface area contributed by atoms with Gasteiger partial charge in [-0.3, -0.25) is 4.79 Å². The van der Waals surface area contributed by atoms with Crippen LogP contribution < -0.4 is 10.6 Å². The highest BCUT2D eigenvalue weighted by atomic mass is 127. The van der Waals surface area contributed by atoms with Crippen LogP contribution in [0.4, 0.5) is 0 Å². The van der Waals surface area contributed by atoms with Crippen molar-refractivity contribution in [2.45, 2.75) is 26.3 Å². The highest BCUT2D eigenvalue weighted by Gasteiger charge is 2.13. The number of guanidine groups is 1. The van der Waals surface area contributed by atoms with Crippen LogP contribution in [-0.4, -0.2) is 57.2 Å². The maximum atomic E-state index is 11.8. The number of hydrogen-bond donors (Lipinski definition) is 2. The molecule has 154 valence electrons. The molecule has 1 rings (SSSR count). The minimum absolute atomic E-state index is 0. The molecule has 27 heavy (non-hydrogen) atoms. The Morgan fingerprint density at radius 3 is 2.63 bits per heavy atom. The van der Waals surface area contributed by atoms with E-state index in [2.05, 4.69) is 15.6 Å². The fourth-order valence-electron chi connectivity index (χ4n) is 2.10. The van der Waals surface area contributed by atoms with Crippen LogP contribution in [0.3, 0.4) is 0 Å². The number of benzene rings is 1. The topological polar surface area (TPSA) is 66.0 Å². The van der Waals surface area contributed by atoms with E-state index in [0.29, 0.717) is 35.8 Å². The molecule has 0 aliphatic rings. The summed E-state index contributed by atoms with van der Waals surface area (Å²) in [6.07, 6.45) is 0.840. The summed E-state index contributed by atoms with van der Waals surface area (Å²) in [5.41, 5.74) is 0.902.